The van der Waals surface area contributed by atoms with Crippen LogP contribution in [0.1, 0.15) is 15.9 Å². The zero-order chi connectivity index (χ0) is 21.0. The smallest absolute Gasteiger partial charge is 0.262 e. The van der Waals surface area contributed by atoms with Gasteiger partial charge in [-0.1, -0.05) is 6.07 Å². The zero-order valence-electron chi connectivity index (χ0n) is 15.7. The summed E-state index contributed by atoms with van der Waals surface area (Å²) >= 11 is 0. The van der Waals surface area contributed by atoms with Crippen LogP contribution >= 0.6 is 0 Å². The molecule has 1 aliphatic rings. The number of rotatable bonds is 6. The van der Waals surface area contributed by atoms with E-state index in [9.17, 15) is 13.2 Å². The highest BCUT2D eigenvalue weighted by molar-refractivity contribution is 7.92. The molecule has 2 N–H and O–H groups in total. The van der Waals surface area contributed by atoms with Gasteiger partial charge in [0, 0.05) is 31.2 Å². The monoisotopic (exact) mass is 426 g/mol. The van der Waals surface area contributed by atoms with Crippen LogP contribution in [0, 0.1) is 0 Å². The lowest BCUT2D eigenvalue weighted by Crippen LogP contribution is -2.23. The van der Waals surface area contributed by atoms with E-state index in [4.69, 9.17) is 9.47 Å². The van der Waals surface area contributed by atoms with E-state index < -0.39 is 10.0 Å². The Bertz CT molecular complexity index is 1170. The summed E-state index contributed by atoms with van der Waals surface area (Å²) in [5, 5.41) is 2.74. The number of nitrogens with zero attached hydrogens (tertiary/aromatic N) is 2. The Labute approximate surface area is 173 Å². The number of ether oxygens (including phenoxy) is 2. The molecule has 30 heavy (non-hydrogen) atoms. The van der Waals surface area contributed by atoms with Gasteiger partial charge in [-0.25, -0.2) is 8.42 Å². The molecule has 0 atom stereocenters. The van der Waals surface area contributed by atoms with Gasteiger partial charge in [-0.2, -0.15) is 0 Å². The summed E-state index contributed by atoms with van der Waals surface area (Å²) in [4.78, 5) is 20.4. The van der Waals surface area contributed by atoms with E-state index in [2.05, 4.69) is 20.0 Å². The number of hydrogen-bond donors (Lipinski definition) is 2. The van der Waals surface area contributed by atoms with Crippen molar-refractivity contribution in [3.05, 3.63) is 72.3 Å². The summed E-state index contributed by atoms with van der Waals surface area (Å²) < 4.78 is 38.8. The molecule has 1 amide bonds. The maximum absolute atomic E-state index is 12.7. The van der Waals surface area contributed by atoms with E-state index in [1.54, 1.807) is 24.5 Å². The van der Waals surface area contributed by atoms with Crippen LogP contribution in [0.15, 0.2) is 66.1 Å². The second-order valence-corrected chi connectivity index (χ2v) is 8.10. The van der Waals surface area contributed by atoms with Gasteiger partial charge >= 0.3 is 0 Å². The second-order valence-electron chi connectivity index (χ2n) is 6.42. The third-order valence-corrected chi connectivity index (χ3v) is 5.63. The van der Waals surface area contributed by atoms with Crippen LogP contribution in [0.5, 0.6) is 11.5 Å². The number of sulfonamides is 1. The minimum Gasteiger partial charge on any atom is -0.486 e. The summed E-state index contributed by atoms with van der Waals surface area (Å²) in [6, 6.07) is 9.40. The number of aromatic nitrogens is 2. The Morgan fingerprint density at radius 2 is 1.83 bits per heavy atom. The third kappa shape index (κ3) is 4.49. The van der Waals surface area contributed by atoms with Crippen molar-refractivity contribution < 1.29 is 22.7 Å². The largest absolute Gasteiger partial charge is 0.486 e. The van der Waals surface area contributed by atoms with Crippen LogP contribution in [0.2, 0.25) is 0 Å². The predicted octanol–water partition coefficient (Wildman–Crippen LogP) is 1.98. The predicted molar refractivity (Wildman–Crippen MR) is 108 cm³/mol. The third-order valence-electron chi connectivity index (χ3n) is 4.25. The highest BCUT2D eigenvalue weighted by atomic mass is 32.2. The molecule has 4 rings (SSSR count). The lowest BCUT2D eigenvalue weighted by atomic mass is 10.2. The first-order valence-corrected chi connectivity index (χ1v) is 10.5. The maximum Gasteiger partial charge on any atom is 0.262 e. The molecule has 2 aromatic heterocycles. The summed E-state index contributed by atoms with van der Waals surface area (Å²) in [6.07, 6.45) is 5.98. The Kier molecular flexibility index (Phi) is 5.48. The van der Waals surface area contributed by atoms with Crippen molar-refractivity contribution in [1.82, 2.24) is 15.3 Å². The fourth-order valence-corrected chi connectivity index (χ4v) is 3.86. The molecule has 1 aromatic carbocycles. The number of benzene rings is 1. The fraction of sp³-hybridized carbons (Fsp3) is 0.150. The van der Waals surface area contributed by atoms with Crippen LogP contribution in [0.25, 0.3) is 0 Å². The number of carbonyl (C=O) groups excluding carboxylic acids is 1. The van der Waals surface area contributed by atoms with Gasteiger partial charge in [-0.3, -0.25) is 19.5 Å². The Morgan fingerprint density at radius 3 is 2.63 bits per heavy atom. The van der Waals surface area contributed by atoms with Crippen molar-refractivity contribution in [1.29, 1.82) is 0 Å². The SMILES string of the molecule is O=C(NCc1cccnc1)c1cncc(NS(=O)(=O)c2ccc3c(c2)OCCO3)c1. The van der Waals surface area contributed by atoms with E-state index in [-0.39, 0.29) is 22.1 Å². The number of hydrogen-bond acceptors (Lipinski definition) is 7. The average Bonchev–Trinajstić information content (AvgIpc) is 2.77. The van der Waals surface area contributed by atoms with Gasteiger partial charge in [-0.05, 0) is 29.8 Å². The summed E-state index contributed by atoms with van der Waals surface area (Å²) in [5.41, 5.74) is 1.23. The number of fused-ring (bicyclic) bond motifs is 1. The lowest BCUT2D eigenvalue weighted by molar-refractivity contribution is 0.0950. The lowest BCUT2D eigenvalue weighted by Gasteiger charge is -2.19. The van der Waals surface area contributed by atoms with Crippen LogP contribution in [-0.2, 0) is 16.6 Å². The number of carbonyl (C=O) groups is 1. The van der Waals surface area contributed by atoms with Crippen molar-refractivity contribution in [3.8, 4) is 11.5 Å². The molecule has 154 valence electrons. The van der Waals surface area contributed by atoms with Crippen LogP contribution < -0.4 is 19.5 Å². The van der Waals surface area contributed by atoms with E-state index in [1.165, 1.54) is 30.6 Å². The first-order chi connectivity index (χ1) is 14.5. The van der Waals surface area contributed by atoms with Crippen LogP contribution in [0.3, 0.4) is 0 Å². The molecule has 9 nitrogen and oxygen atoms in total. The van der Waals surface area contributed by atoms with Crippen LogP contribution in [-0.4, -0.2) is 37.5 Å². The van der Waals surface area contributed by atoms with Gasteiger partial charge < -0.3 is 14.8 Å². The van der Waals surface area contributed by atoms with E-state index >= 15 is 0 Å². The fourth-order valence-electron chi connectivity index (χ4n) is 2.81. The van der Waals surface area contributed by atoms with Crippen molar-refractivity contribution in [2.45, 2.75) is 11.4 Å². The molecule has 3 aromatic rings. The number of anilines is 1. The second kappa shape index (κ2) is 8.37. The molecular weight excluding hydrogens is 408 g/mol. The molecule has 1 aliphatic heterocycles. The van der Waals surface area contributed by atoms with Gasteiger partial charge in [0.25, 0.3) is 15.9 Å². The minimum atomic E-state index is -3.91. The van der Waals surface area contributed by atoms with Crippen molar-refractivity contribution in [3.63, 3.8) is 0 Å². The standard InChI is InChI=1S/C20H18N4O5S/c25-20(23-11-14-2-1-5-21-10-14)15-8-16(13-22-12-15)24-30(26,27)17-3-4-18-19(9-17)29-7-6-28-18/h1-5,8-10,12-13,24H,6-7,11H2,(H,23,25). The molecule has 10 heteroatoms. The van der Waals surface area contributed by atoms with Gasteiger partial charge in [0.1, 0.15) is 13.2 Å². The molecular formula is C20H18N4O5S. The average molecular weight is 426 g/mol. The molecule has 0 saturated heterocycles. The van der Waals surface area contributed by atoms with Crippen LogP contribution in [0.4, 0.5) is 5.69 Å². The quantitative estimate of drug-likeness (QED) is 0.618. The molecule has 0 saturated carbocycles. The molecule has 0 spiro atoms. The van der Waals surface area contributed by atoms with Gasteiger partial charge in [0.05, 0.1) is 22.3 Å². The maximum atomic E-state index is 12.7. The van der Waals surface area contributed by atoms with Gasteiger partial charge in [0.15, 0.2) is 11.5 Å². The highest BCUT2D eigenvalue weighted by Crippen LogP contribution is 2.32. The molecule has 0 radical (unpaired) electrons. The molecule has 0 bridgehead atoms. The Morgan fingerprint density at radius 1 is 1.00 bits per heavy atom. The number of amides is 1. The number of pyridine rings is 2. The van der Waals surface area contributed by atoms with Gasteiger partial charge in [0.2, 0.25) is 0 Å². The van der Waals surface area contributed by atoms with Crippen molar-refractivity contribution in [2.24, 2.45) is 0 Å². The minimum absolute atomic E-state index is 0.0122. The topological polar surface area (TPSA) is 120 Å². The zero-order valence-corrected chi connectivity index (χ0v) is 16.6. The molecule has 3 heterocycles. The summed E-state index contributed by atoms with van der Waals surface area (Å²) in [7, 11) is -3.91. The van der Waals surface area contributed by atoms with E-state index in [0.717, 1.165) is 5.56 Å². The Balaban J connectivity index is 1.47. The molecule has 0 fully saturated rings. The van der Waals surface area contributed by atoms with Crippen molar-refractivity contribution >= 4 is 21.6 Å². The normalized spacial score (nSPS) is 12.8. The van der Waals surface area contributed by atoms with Gasteiger partial charge in [-0.15, -0.1) is 0 Å². The first-order valence-electron chi connectivity index (χ1n) is 9.06. The first kappa shape index (κ1) is 19.6. The highest BCUT2D eigenvalue weighted by Gasteiger charge is 2.20. The van der Waals surface area contributed by atoms with E-state index in [0.29, 0.717) is 31.3 Å². The number of nitrogens with one attached hydrogen (secondary N) is 2. The summed E-state index contributed by atoms with van der Waals surface area (Å²) in [6.45, 7) is 1.06. The van der Waals surface area contributed by atoms with E-state index in [1.807, 2.05) is 6.07 Å². The molecule has 0 aliphatic carbocycles. The molecule has 0 unspecified atom stereocenters. The van der Waals surface area contributed by atoms with Crippen molar-refractivity contribution in [2.75, 3.05) is 17.9 Å². The Hall–Kier alpha value is -3.66. The summed E-state index contributed by atoms with van der Waals surface area (Å²) in [5.74, 6) is 0.478.